The Morgan fingerprint density at radius 1 is 1.32 bits per heavy atom. The Bertz CT molecular complexity index is 481. The Morgan fingerprint density at radius 3 is 2.68 bits per heavy atom. The average Bonchev–Trinajstić information content (AvgIpc) is 2.53. The van der Waals surface area contributed by atoms with E-state index in [9.17, 15) is 4.79 Å². The maximum atomic E-state index is 11.6. The van der Waals surface area contributed by atoms with Gasteiger partial charge in [-0.2, -0.15) is 0 Å². The molecule has 0 fully saturated rings. The first kappa shape index (κ1) is 18.3. The van der Waals surface area contributed by atoms with Gasteiger partial charge in [-0.1, -0.05) is 38.1 Å². The normalized spacial score (nSPS) is 13.2. The Hall–Kier alpha value is -1.77. The third-order valence-electron chi connectivity index (χ3n) is 4.06. The second-order valence-electron chi connectivity index (χ2n) is 5.75. The van der Waals surface area contributed by atoms with Gasteiger partial charge in [0.05, 0.1) is 19.6 Å². The van der Waals surface area contributed by atoms with E-state index in [1.165, 1.54) is 0 Å². The summed E-state index contributed by atoms with van der Waals surface area (Å²) < 4.78 is 10.9. The quantitative estimate of drug-likeness (QED) is 0.361. The Balaban J connectivity index is 2.52. The first-order valence-electron chi connectivity index (χ1n) is 8.04. The van der Waals surface area contributed by atoms with E-state index in [4.69, 9.17) is 9.47 Å². The van der Waals surface area contributed by atoms with Crippen molar-refractivity contribution in [2.24, 2.45) is 5.41 Å². The van der Waals surface area contributed by atoms with Crippen LogP contribution in [0, 0.1) is 5.41 Å². The van der Waals surface area contributed by atoms with Gasteiger partial charge in [-0.15, -0.1) is 6.58 Å². The van der Waals surface area contributed by atoms with Crippen LogP contribution in [0.25, 0.3) is 0 Å². The molecule has 0 aromatic heterocycles. The van der Waals surface area contributed by atoms with Crippen LogP contribution in [0.3, 0.4) is 0 Å². The first-order valence-corrected chi connectivity index (χ1v) is 8.04. The summed E-state index contributed by atoms with van der Waals surface area (Å²) in [5.74, 6) is 0.552. The molecule has 0 aliphatic carbocycles. The topological polar surface area (TPSA) is 35.5 Å². The molecular formula is C19H28O3. The van der Waals surface area contributed by atoms with Gasteiger partial charge in [0, 0.05) is 5.56 Å². The van der Waals surface area contributed by atoms with Crippen molar-refractivity contribution in [2.75, 3.05) is 13.2 Å². The van der Waals surface area contributed by atoms with E-state index in [2.05, 4.69) is 20.4 Å². The zero-order chi connectivity index (χ0) is 16.4. The molecule has 1 unspecified atom stereocenters. The standard InChI is InChI=1S/C19H28O3/c1-5-19(4,6-2)13-10-14-22-17-12-9-8-11-16(17)15-18(20)21-7-3/h5,8-9,11-12H,1,6-7,10,13-15H2,2-4H3. The minimum atomic E-state index is -0.219. The number of hydrogen-bond acceptors (Lipinski definition) is 3. The molecule has 1 aromatic rings. The summed E-state index contributed by atoms with van der Waals surface area (Å²) in [6, 6.07) is 7.64. The Kier molecular flexibility index (Phi) is 7.72. The van der Waals surface area contributed by atoms with E-state index in [1.54, 1.807) is 0 Å². The van der Waals surface area contributed by atoms with E-state index >= 15 is 0 Å². The van der Waals surface area contributed by atoms with Gasteiger partial charge in [0.2, 0.25) is 0 Å². The second kappa shape index (κ2) is 9.29. The fraction of sp³-hybridized carbons (Fsp3) is 0.526. The molecule has 0 aliphatic rings. The zero-order valence-electron chi connectivity index (χ0n) is 14.1. The smallest absolute Gasteiger partial charge is 0.310 e. The highest BCUT2D eigenvalue weighted by atomic mass is 16.5. The minimum Gasteiger partial charge on any atom is -0.493 e. The van der Waals surface area contributed by atoms with Crippen LogP contribution in [0.4, 0.5) is 0 Å². The lowest BCUT2D eigenvalue weighted by Crippen LogP contribution is -2.13. The third kappa shape index (κ3) is 5.92. The van der Waals surface area contributed by atoms with E-state index in [0.717, 1.165) is 30.6 Å². The summed E-state index contributed by atoms with van der Waals surface area (Å²) in [5, 5.41) is 0. The monoisotopic (exact) mass is 304 g/mol. The van der Waals surface area contributed by atoms with Gasteiger partial charge in [0.25, 0.3) is 0 Å². The number of carbonyl (C=O) groups excluding carboxylic acids is 1. The number of para-hydroxylation sites is 1. The first-order chi connectivity index (χ1) is 10.5. The molecule has 1 rings (SSSR count). The lowest BCUT2D eigenvalue weighted by Gasteiger charge is -2.23. The van der Waals surface area contributed by atoms with Crippen molar-refractivity contribution in [1.82, 2.24) is 0 Å². The fourth-order valence-electron chi connectivity index (χ4n) is 2.24. The van der Waals surface area contributed by atoms with Gasteiger partial charge >= 0.3 is 5.97 Å². The number of carbonyl (C=O) groups is 1. The fourth-order valence-corrected chi connectivity index (χ4v) is 2.24. The summed E-state index contributed by atoms with van der Waals surface area (Å²) in [7, 11) is 0. The average molecular weight is 304 g/mol. The van der Waals surface area contributed by atoms with Gasteiger partial charge in [-0.3, -0.25) is 4.79 Å². The van der Waals surface area contributed by atoms with Crippen LogP contribution >= 0.6 is 0 Å². The molecule has 0 amide bonds. The highest BCUT2D eigenvalue weighted by molar-refractivity contribution is 5.73. The highest BCUT2D eigenvalue weighted by Gasteiger charge is 2.17. The predicted octanol–water partition coefficient (Wildman–Crippen LogP) is 4.55. The van der Waals surface area contributed by atoms with Gasteiger partial charge < -0.3 is 9.47 Å². The number of esters is 1. The Morgan fingerprint density at radius 2 is 2.05 bits per heavy atom. The van der Waals surface area contributed by atoms with Gasteiger partial charge in [-0.05, 0) is 37.7 Å². The van der Waals surface area contributed by atoms with E-state index in [-0.39, 0.29) is 17.8 Å². The van der Waals surface area contributed by atoms with E-state index in [1.807, 2.05) is 37.3 Å². The van der Waals surface area contributed by atoms with Crippen molar-refractivity contribution in [3.63, 3.8) is 0 Å². The molecule has 0 radical (unpaired) electrons. The molecule has 1 atom stereocenters. The summed E-state index contributed by atoms with van der Waals surface area (Å²) in [6.07, 6.45) is 5.37. The minimum absolute atomic E-state index is 0.174. The largest absolute Gasteiger partial charge is 0.493 e. The van der Waals surface area contributed by atoms with Crippen LogP contribution < -0.4 is 4.74 Å². The second-order valence-corrected chi connectivity index (χ2v) is 5.75. The molecule has 22 heavy (non-hydrogen) atoms. The molecule has 0 heterocycles. The molecule has 1 aromatic carbocycles. The molecule has 0 aliphatic heterocycles. The van der Waals surface area contributed by atoms with Crippen LogP contribution in [0.1, 0.15) is 45.6 Å². The summed E-state index contributed by atoms with van der Waals surface area (Å²) in [4.78, 5) is 11.6. The lowest BCUT2D eigenvalue weighted by molar-refractivity contribution is -0.142. The molecular weight excluding hydrogens is 276 g/mol. The van der Waals surface area contributed by atoms with Crippen molar-refractivity contribution >= 4 is 5.97 Å². The number of ether oxygens (including phenoxy) is 2. The molecule has 3 nitrogen and oxygen atoms in total. The van der Waals surface area contributed by atoms with E-state index in [0.29, 0.717) is 13.2 Å². The molecule has 0 saturated heterocycles. The van der Waals surface area contributed by atoms with Crippen molar-refractivity contribution in [3.8, 4) is 5.75 Å². The highest BCUT2D eigenvalue weighted by Crippen LogP contribution is 2.28. The lowest BCUT2D eigenvalue weighted by atomic mass is 9.83. The van der Waals surface area contributed by atoms with Crippen molar-refractivity contribution < 1.29 is 14.3 Å². The van der Waals surface area contributed by atoms with E-state index < -0.39 is 0 Å². The number of hydrogen-bond donors (Lipinski definition) is 0. The summed E-state index contributed by atoms with van der Waals surface area (Å²) in [6.45, 7) is 11.2. The van der Waals surface area contributed by atoms with Crippen molar-refractivity contribution in [1.29, 1.82) is 0 Å². The van der Waals surface area contributed by atoms with Crippen molar-refractivity contribution in [3.05, 3.63) is 42.5 Å². The van der Waals surface area contributed by atoms with Crippen LogP contribution in [0.5, 0.6) is 5.75 Å². The van der Waals surface area contributed by atoms with Crippen LogP contribution in [-0.2, 0) is 16.0 Å². The number of benzene rings is 1. The number of allylic oxidation sites excluding steroid dienone is 1. The molecule has 0 saturated carbocycles. The Labute approximate surface area is 134 Å². The predicted molar refractivity (Wildman–Crippen MR) is 90.1 cm³/mol. The maximum absolute atomic E-state index is 11.6. The maximum Gasteiger partial charge on any atom is 0.310 e. The molecule has 0 bridgehead atoms. The zero-order valence-corrected chi connectivity index (χ0v) is 14.1. The summed E-state index contributed by atoms with van der Waals surface area (Å²) >= 11 is 0. The van der Waals surface area contributed by atoms with Crippen molar-refractivity contribution in [2.45, 2.75) is 46.5 Å². The summed E-state index contributed by atoms with van der Waals surface area (Å²) in [5.41, 5.74) is 1.05. The molecule has 122 valence electrons. The van der Waals surface area contributed by atoms with Crippen LogP contribution in [0.2, 0.25) is 0 Å². The SMILES string of the molecule is C=CC(C)(CC)CCCOc1ccccc1CC(=O)OCC. The molecule has 0 spiro atoms. The van der Waals surface area contributed by atoms with Crippen LogP contribution in [0.15, 0.2) is 36.9 Å². The molecule has 3 heteroatoms. The third-order valence-corrected chi connectivity index (χ3v) is 4.06. The number of rotatable bonds is 10. The van der Waals surface area contributed by atoms with Gasteiger partial charge in [-0.25, -0.2) is 0 Å². The molecule has 0 N–H and O–H groups in total. The van der Waals surface area contributed by atoms with Crippen LogP contribution in [-0.4, -0.2) is 19.2 Å². The van der Waals surface area contributed by atoms with Gasteiger partial charge in [0.15, 0.2) is 0 Å². The van der Waals surface area contributed by atoms with Gasteiger partial charge in [0.1, 0.15) is 5.75 Å².